The average Bonchev–Trinajstić information content (AvgIpc) is 2.60. The normalized spacial score (nSPS) is 12.1. The van der Waals surface area contributed by atoms with Gasteiger partial charge < -0.3 is 15.0 Å². The second-order valence-electron chi connectivity index (χ2n) is 7.57. The van der Waals surface area contributed by atoms with Gasteiger partial charge in [-0.2, -0.15) is 0 Å². The fraction of sp³-hybridized carbons (Fsp3) is 0.364. The number of nitrogens with zero attached hydrogens (tertiary/aromatic N) is 1. The van der Waals surface area contributed by atoms with E-state index in [-0.39, 0.29) is 5.91 Å². The maximum absolute atomic E-state index is 13.0. The predicted molar refractivity (Wildman–Crippen MR) is 106 cm³/mol. The van der Waals surface area contributed by atoms with Gasteiger partial charge in [0.15, 0.2) is 0 Å². The third kappa shape index (κ3) is 7.13. The summed E-state index contributed by atoms with van der Waals surface area (Å²) in [6, 6.07) is 18.7. The van der Waals surface area contributed by atoms with Crippen molar-refractivity contribution in [3.8, 4) is 0 Å². The number of carbonyl (C=O) groups is 2. The molecule has 2 aromatic rings. The molecule has 2 amide bonds. The maximum Gasteiger partial charge on any atom is 0.408 e. The summed E-state index contributed by atoms with van der Waals surface area (Å²) in [5.74, 6) is -0.159. The Balaban J connectivity index is 2.11. The first-order valence-electron chi connectivity index (χ1n) is 9.07. The first-order valence-corrected chi connectivity index (χ1v) is 9.07. The van der Waals surface area contributed by atoms with Crippen LogP contribution in [0.1, 0.15) is 31.9 Å². The van der Waals surface area contributed by atoms with Crippen molar-refractivity contribution in [2.45, 2.75) is 45.4 Å². The van der Waals surface area contributed by atoms with Gasteiger partial charge in [0.05, 0.1) is 0 Å². The van der Waals surface area contributed by atoms with E-state index in [4.69, 9.17) is 4.74 Å². The maximum atomic E-state index is 13.0. The molecule has 0 spiro atoms. The molecule has 0 aliphatic carbocycles. The Labute approximate surface area is 161 Å². The standard InChI is InChI=1S/C22H28N2O3/c1-22(2,3)27-21(26)23-19(15-17-11-7-5-8-12-17)20(25)24(4)16-18-13-9-6-10-14-18/h5-14,19H,15-16H2,1-4H3,(H,23,26)/t19-/m0/s1. The second-order valence-corrected chi connectivity index (χ2v) is 7.57. The first-order chi connectivity index (χ1) is 12.7. The van der Waals surface area contributed by atoms with Crippen LogP contribution in [0.3, 0.4) is 0 Å². The lowest BCUT2D eigenvalue weighted by molar-refractivity contribution is -0.132. The molecule has 0 heterocycles. The lowest BCUT2D eigenvalue weighted by atomic mass is 10.0. The molecule has 0 saturated heterocycles. The molecule has 0 bridgehead atoms. The van der Waals surface area contributed by atoms with Gasteiger partial charge in [-0.05, 0) is 31.9 Å². The Morgan fingerprint density at radius 2 is 1.48 bits per heavy atom. The van der Waals surface area contributed by atoms with E-state index in [1.807, 2.05) is 60.7 Å². The molecule has 144 valence electrons. The van der Waals surface area contributed by atoms with E-state index >= 15 is 0 Å². The molecule has 1 atom stereocenters. The van der Waals surface area contributed by atoms with Crippen LogP contribution in [0.5, 0.6) is 0 Å². The summed E-state index contributed by atoms with van der Waals surface area (Å²) in [5, 5.41) is 2.74. The summed E-state index contributed by atoms with van der Waals surface area (Å²) < 4.78 is 5.33. The van der Waals surface area contributed by atoms with Gasteiger partial charge in [0.1, 0.15) is 11.6 Å². The number of nitrogens with one attached hydrogen (secondary N) is 1. The zero-order chi connectivity index (χ0) is 19.9. The van der Waals surface area contributed by atoms with Gasteiger partial charge in [-0.15, -0.1) is 0 Å². The van der Waals surface area contributed by atoms with Crippen LogP contribution in [-0.2, 0) is 22.5 Å². The van der Waals surface area contributed by atoms with Crippen molar-refractivity contribution in [1.82, 2.24) is 10.2 Å². The van der Waals surface area contributed by atoms with Crippen LogP contribution in [0.4, 0.5) is 4.79 Å². The molecule has 27 heavy (non-hydrogen) atoms. The molecule has 5 heteroatoms. The number of amides is 2. The molecule has 0 aliphatic rings. The summed E-state index contributed by atoms with van der Waals surface area (Å²) in [5.41, 5.74) is 1.38. The Morgan fingerprint density at radius 1 is 0.963 bits per heavy atom. The largest absolute Gasteiger partial charge is 0.444 e. The van der Waals surface area contributed by atoms with Crippen LogP contribution in [0.25, 0.3) is 0 Å². The highest BCUT2D eigenvalue weighted by Crippen LogP contribution is 2.11. The van der Waals surface area contributed by atoms with E-state index in [0.29, 0.717) is 13.0 Å². The van der Waals surface area contributed by atoms with Crippen molar-refractivity contribution in [3.63, 3.8) is 0 Å². The summed E-state index contributed by atoms with van der Waals surface area (Å²) in [4.78, 5) is 26.9. The lowest BCUT2D eigenvalue weighted by Gasteiger charge is -2.26. The molecule has 2 aromatic carbocycles. The van der Waals surface area contributed by atoms with E-state index in [0.717, 1.165) is 11.1 Å². The zero-order valence-corrected chi connectivity index (χ0v) is 16.4. The lowest BCUT2D eigenvalue weighted by Crippen LogP contribution is -2.49. The SMILES string of the molecule is CN(Cc1ccccc1)C(=O)[C@H](Cc1ccccc1)NC(=O)OC(C)(C)C. The van der Waals surface area contributed by atoms with E-state index in [9.17, 15) is 9.59 Å². The topological polar surface area (TPSA) is 58.6 Å². The minimum Gasteiger partial charge on any atom is -0.444 e. The van der Waals surface area contributed by atoms with Gasteiger partial charge in [-0.25, -0.2) is 4.79 Å². The van der Waals surface area contributed by atoms with Gasteiger partial charge in [0, 0.05) is 20.0 Å². The van der Waals surface area contributed by atoms with Gasteiger partial charge >= 0.3 is 6.09 Å². The third-order valence-corrected chi connectivity index (χ3v) is 3.91. The molecule has 0 unspecified atom stereocenters. The number of carbonyl (C=O) groups excluding carboxylic acids is 2. The van der Waals surface area contributed by atoms with Crippen LogP contribution in [0.15, 0.2) is 60.7 Å². The number of benzene rings is 2. The monoisotopic (exact) mass is 368 g/mol. The van der Waals surface area contributed by atoms with Crippen molar-refractivity contribution in [3.05, 3.63) is 71.8 Å². The molecule has 0 fully saturated rings. The number of hydrogen-bond acceptors (Lipinski definition) is 3. The molecule has 2 rings (SSSR count). The molecule has 0 aromatic heterocycles. The average molecular weight is 368 g/mol. The predicted octanol–water partition coefficient (Wildman–Crippen LogP) is 3.78. The number of likely N-dealkylation sites (N-methyl/N-ethyl adjacent to an activating group) is 1. The Hall–Kier alpha value is -2.82. The van der Waals surface area contributed by atoms with Crippen LogP contribution < -0.4 is 5.32 Å². The fourth-order valence-electron chi connectivity index (χ4n) is 2.70. The smallest absolute Gasteiger partial charge is 0.408 e. The van der Waals surface area contributed by atoms with Crippen LogP contribution in [0.2, 0.25) is 0 Å². The van der Waals surface area contributed by atoms with Crippen LogP contribution in [0, 0.1) is 0 Å². The third-order valence-electron chi connectivity index (χ3n) is 3.91. The van der Waals surface area contributed by atoms with E-state index in [2.05, 4.69) is 5.32 Å². The second kappa shape index (κ2) is 9.21. The molecular weight excluding hydrogens is 340 g/mol. The first kappa shape index (κ1) is 20.5. The van der Waals surface area contributed by atoms with Gasteiger partial charge in [0.2, 0.25) is 5.91 Å². The highest BCUT2D eigenvalue weighted by molar-refractivity contribution is 5.86. The summed E-state index contributed by atoms with van der Waals surface area (Å²) in [6.07, 6.45) is -0.192. The van der Waals surface area contributed by atoms with Crippen molar-refractivity contribution in [2.24, 2.45) is 0 Å². The van der Waals surface area contributed by atoms with Crippen LogP contribution >= 0.6 is 0 Å². The molecule has 5 nitrogen and oxygen atoms in total. The van der Waals surface area contributed by atoms with Crippen molar-refractivity contribution in [2.75, 3.05) is 7.05 Å². The van der Waals surface area contributed by atoms with Crippen molar-refractivity contribution in [1.29, 1.82) is 0 Å². The van der Waals surface area contributed by atoms with E-state index in [1.165, 1.54) is 0 Å². The zero-order valence-electron chi connectivity index (χ0n) is 16.4. The Morgan fingerprint density at radius 3 is 2.00 bits per heavy atom. The highest BCUT2D eigenvalue weighted by atomic mass is 16.6. The summed E-state index contributed by atoms with van der Waals surface area (Å²) in [7, 11) is 1.74. The minimum absolute atomic E-state index is 0.159. The Bertz CT molecular complexity index is 739. The Kier molecular flexibility index (Phi) is 6.99. The van der Waals surface area contributed by atoms with Crippen LogP contribution in [-0.4, -0.2) is 35.6 Å². The molecular formula is C22H28N2O3. The number of ether oxygens (including phenoxy) is 1. The summed E-state index contributed by atoms with van der Waals surface area (Å²) >= 11 is 0. The summed E-state index contributed by atoms with van der Waals surface area (Å²) in [6.45, 7) is 5.85. The number of rotatable bonds is 6. The van der Waals surface area contributed by atoms with Gasteiger partial charge in [0.25, 0.3) is 0 Å². The molecule has 0 radical (unpaired) electrons. The van der Waals surface area contributed by atoms with Crippen molar-refractivity contribution < 1.29 is 14.3 Å². The van der Waals surface area contributed by atoms with Crippen molar-refractivity contribution >= 4 is 12.0 Å². The molecule has 1 N–H and O–H groups in total. The van der Waals surface area contributed by atoms with E-state index in [1.54, 1.807) is 32.7 Å². The highest BCUT2D eigenvalue weighted by Gasteiger charge is 2.27. The van der Waals surface area contributed by atoms with Gasteiger partial charge in [-0.3, -0.25) is 4.79 Å². The quantitative estimate of drug-likeness (QED) is 0.844. The number of alkyl carbamates (subject to hydrolysis) is 1. The number of hydrogen-bond donors (Lipinski definition) is 1. The minimum atomic E-state index is -0.698. The fourth-order valence-corrected chi connectivity index (χ4v) is 2.70. The van der Waals surface area contributed by atoms with E-state index < -0.39 is 17.7 Å². The molecule has 0 saturated carbocycles. The molecule has 0 aliphatic heterocycles. The van der Waals surface area contributed by atoms with Gasteiger partial charge in [-0.1, -0.05) is 60.7 Å².